The van der Waals surface area contributed by atoms with Gasteiger partial charge in [-0.2, -0.15) is 13.2 Å². The first-order valence-electron chi connectivity index (χ1n) is 5.74. The Labute approximate surface area is 109 Å². The molecule has 0 saturated heterocycles. The fraction of sp³-hybridized carbons (Fsp3) is 0.462. The van der Waals surface area contributed by atoms with Crippen molar-refractivity contribution in [2.24, 2.45) is 5.92 Å². The predicted molar refractivity (Wildman–Crippen MR) is 64.1 cm³/mol. The number of amides is 1. The fourth-order valence-electron chi connectivity index (χ4n) is 1.79. The van der Waals surface area contributed by atoms with Crippen LogP contribution in [-0.4, -0.2) is 25.1 Å². The lowest BCUT2D eigenvalue weighted by molar-refractivity contribution is -0.172. The third-order valence-corrected chi connectivity index (χ3v) is 2.85. The minimum Gasteiger partial charge on any atom is -0.275 e. The second kappa shape index (κ2) is 6.06. The smallest absolute Gasteiger partial charge is 0.275 e. The van der Waals surface area contributed by atoms with Crippen LogP contribution >= 0.6 is 0 Å². The van der Waals surface area contributed by atoms with Crippen LogP contribution in [0.4, 0.5) is 13.2 Å². The topological polar surface area (TPSA) is 29.5 Å². The van der Waals surface area contributed by atoms with Crippen molar-refractivity contribution in [2.75, 3.05) is 14.2 Å². The van der Waals surface area contributed by atoms with E-state index in [0.717, 1.165) is 11.1 Å². The maximum atomic E-state index is 12.8. The number of carbonyl (C=O) groups excluding carboxylic acids is 1. The van der Waals surface area contributed by atoms with Crippen molar-refractivity contribution in [2.45, 2.75) is 19.5 Å². The lowest BCUT2D eigenvalue weighted by atomic mass is 9.96. The van der Waals surface area contributed by atoms with Gasteiger partial charge in [0.25, 0.3) is 0 Å². The molecule has 0 N–H and O–H groups in total. The zero-order valence-corrected chi connectivity index (χ0v) is 11.0. The highest BCUT2D eigenvalue weighted by Gasteiger charge is 2.33. The lowest BCUT2D eigenvalue weighted by Gasteiger charge is -2.20. The van der Waals surface area contributed by atoms with Crippen LogP contribution in [0, 0.1) is 5.92 Å². The summed E-state index contributed by atoms with van der Waals surface area (Å²) in [7, 11) is 2.75. The van der Waals surface area contributed by atoms with E-state index in [1.165, 1.54) is 32.4 Å². The Morgan fingerprint density at radius 2 is 1.95 bits per heavy atom. The molecule has 106 valence electrons. The van der Waals surface area contributed by atoms with Crippen LogP contribution in [0.3, 0.4) is 0 Å². The number of carbonyl (C=O) groups is 1. The molecule has 6 heteroatoms. The molecule has 3 nitrogen and oxygen atoms in total. The summed E-state index contributed by atoms with van der Waals surface area (Å²) in [4.78, 5) is 16.5. The Morgan fingerprint density at radius 3 is 2.47 bits per heavy atom. The number of hydrogen-bond acceptors (Lipinski definition) is 2. The number of halogens is 3. The number of nitrogens with zero attached hydrogens (tertiary/aromatic N) is 1. The van der Waals surface area contributed by atoms with E-state index in [1.807, 2.05) is 0 Å². The summed E-state index contributed by atoms with van der Waals surface area (Å²) >= 11 is 0. The van der Waals surface area contributed by atoms with E-state index in [0.29, 0.717) is 0 Å². The van der Waals surface area contributed by atoms with Crippen LogP contribution in [-0.2, 0) is 22.2 Å². The average molecular weight is 275 g/mol. The van der Waals surface area contributed by atoms with Crippen LogP contribution in [0.2, 0.25) is 0 Å². The number of alkyl halides is 3. The first kappa shape index (κ1) is 15.5. The van der Waals surface area contributed by atoms with Crippen LogP contribution < -0.4 is 0 Å². The number of hydrogen-bond donors (Lipinski definition) is 0. The molecule has 0 fully saturated rings. The van der Waals surface area contributed by atoms with E-state index in [9.17, 15) is 18.0 Å². The minimum atomic E-state index is -4.41. The highest BCUT2D eigenvalue weighted by atomic mass is 19.4. The average Bonchev–Trinajstić information content (AvgIpc) is 2.36. The van der Waals surface area contributed by atoms with Crippen LogP contribution in [0.25, 0.3) is 0 Å². The first-order valence-corrected chi connectivity index (χ1v) is 5.74. The first-order chi connectivity index (χ1) is 8.77. The van der Waals surface area contributed by atoms with Crippen LogP contribution in [0.5, 0.6) is 0 Å². The number of rotatable bonds is 4. The summed E-state index contributed by atoms with van der Waals surface area (Å²) in [6.45, 7) is 1.57. The van der Waals surface area contributed by atoms with E-state index in [2.05, 4.69) is 0 Å². The van der Waals surface area contributed by atoms with Crippen molar-refractivity contribution in [3.8, 4) is 0 Å². The number of hydroxylamine groups is 2. The van der Waals surface area contributed by atoms with Gasteiger partial charge < -0.3 is 0 Å². The largest absolute Gasteiger partial charge is 0.416 e. The summed E-state index contributed by atoms with van der Waals surface area (Å²) in [6.07, 6.45) is -4.39. The van der Waals surface area contributed by atoms with Gasteiger partial charge in [0.2, 0.25) is 5.91 Å². The van der Waals surface area contributed by atoms with E-state index >= 15 is 0 Å². The van der Waals surface area contributed by atoms with E-state index in [4.69, 9.17) is 4.84 Å². The second-order valence-electron chi connectivity index (χ2n) is 4.28. The molecule has 0 unspecified atom stereocenters. The highest BCUT2D eigenvalue weighted by molar-refractivity contribution is 5.77. The predicted octanol–water partition coefficient (Wildman–Crippen LogP) is 2.90. The number of benzene rings is 1. The van der Waals surface area contributed by atoms with Gasteiger partial charge >= 0.3 is 6.18 Å². The molecule has 1 atom stereocenters. The maximum Gasteiger partial charge on any atom is 0.416 e. The Balaban J connectivity index is 2.92. The van der Waals surface area contributed by atoms with E-state index in [-0.39, 0.29) is 17.9 Å². The Bertz CT molecular complexity index is 446. The Morgan fingerprint density at radius 1 is 1.37 bits per heavy atom. The minimum absolute atomic E-state index is 0.0161. The SMILES string of the molecule is CON(C)C(=O)[C@H](C)Cc1ccccc1C(F)(F)F. The molecule has 0 heterocycles. The third-order valence-electron chi connectivity index (χ3n) is 2.85. The molecular weight excluding hydrogens is 259 g/mol. The maximum absolute atomic E-state index is 12.8. The lowest BCUT2D eigenvalue weighted by Crippen LogP contribution is -2.32. The van der Waals surface area contributed by atoms with Gasteiger partial charge in [0.15, 0.2) is 0 Å². The summed E-state index contributed by atoms with van der Waals surface area (Å²) in [6, 6.07) is 5.27. The van der Waals surface area contributed by atoms with Gasteiger partial charge in [-0.05, 0) is 18.1 Å². The monoisotopic (exact) mass is 275 g/mol. The molecule has 0 bridgehead atoms. The van der Waals surface area contributed by atoms with E-state index in [1.54, 1.807) is 6.92 Å². The standard InChI is InChI=1S/C13H16F3NO2/c1-9(12(18)17(2)19-3)8-10-6-4-5-7-11(10)13(14,15)16/h4-7,9H,8H2,1-3H3/t9-/m1/s1. The summed E-state index contributed by atoms with van der Waals surface area (Å²) in [5, 5.41) is 1.01. The van der Waals surface area contributed by atoms with Crippen molar-refractivity contribution in [3.05, 3.63) is 35.4 Å². The molecule has 0 aromatic heterocycles. The van der Waals surface area contributed by atoms with Crippen molar-refractivity contribution in [3.63, 3.8) is 0 Å². The molecule has 1 aromatic rings. The fourth-order valence-corrected chi connectivity index (χ4v) is 1.79. The quantitative estimate of drug-likeness (QED) is 0.791. The molecule has 1 rings (SSSR count). The van der Waals surface area contributed by atoms with Gasteiger partial charge in [-0.3, -0.25) is 9.63 Å². The van der Waals surface area contributed by atoms with Gasteiger partial charge in [0, 0.05) is 13.0 Å². The van der Waals surface area contributed by atoms with Gasteiger partial charge in [0.1, 0.15) is 0 Å². The molecule has 1 aromatic carbocycles. The zero-order chi connectivity index (χ0) is 14.6. The van der Waals surface area contributed by atoms with Gasteiger partial charge in [0.05, 0.1) is 12.7 Å². The van der Waals surface area contributed by atoms with E-state index < -0.39 is 17.7 Å². The summed E-state index contributed by atoms with van der Waals surface area (Å²) in [5.41, 5.74) is -0.588. The molecule has 0 aliphatic carbocycles. The molecule has 0 spiro atoms. The molecular formula is C13H16F3NO2. The van der Waals surface area contributed by atoms with Crippen LogP contribution in [0.1, 0.15) is 18.1 Å². The van der Waals surface area contributed by atoms with Crippen molar-refractivity contribution < 1.29 is 22.8 Å². The molecule has 0 saturated carbocycles. The molecule has 0 aliphatic rings. The molecule has 0 radical (unpaired) electrons. The second-order valence-corrected chi connectivity index (χ2v) is 4.28. The summed E-state index contributed by atoms with van der Waals surface area (Å²) in [5.74, 6) is -0.951. The molecule has 19 heavy (non-hydrogen) atoms. The van der Waals surface area contributed by atoms with Crippen molar-refractivity contribution in [1.82, 2.24) is 5.06 Å². The Hall–Kier alpha value is -1.56. The molecule has 0 aliphatic heterocycles. The zero-order valence-electron chi connectivity index (χ0n) is 11.0. The van der Waals surface area contributed by atoms with Gasteiger partial charge in [-0.1, -0.05) is 25.1 Å². The Kier molecular flexibility index (Phi) is 4.94. The van der Waals surface area contributed by atoms with Gasteiger partial charge in [-0.25, -0.2) is 5.06 Å². The van der Waals surface area contributed by atoms with Crippen molar-refractivity contribution in [1.29, 1.82) is 0 Å². The van der Waals surface area contributed by atoms with Gasteiger partial charge in [-0.15, -0.1) is 0 Å². The normalized spacial score (nSPS) is 13.2. The third kappa shape index (κ3) is 3.96. The highest BCUT2D eigenvalue weighted by Crippen LogP contribution is 2.32. The summed E-state index contributed by atoms with van der Waals surface area (Å²) < 4.78 is 38.4. The van der Waals surface area contributed by atoms with Crippen LogP contribution in [0.15, 0.2) is 24.3 Å². The molecule has 1 amide bonds. The van der Waals surface area contributed by atoms with Crippen molar-refractivity contribution >= 4 is 5.91 Å².